The Kier molecular flexibility index (Phi) is 5.74. The number of benzene rings is 1. The van der Waals surface area contributed by atoms with Crippen molar-refractivity contribution in [3.8, 4) is 0 Å². The fourth-order valence-electron chi connectivity index (χ4n) is 1.63. The van der Waals surface area contributed by atoms with E-state index in [2.05, 4.69) is 0 Å². The van der Waals surface area contributed by atoms with Crippen molar-refractivity contribution in [1.29, 1.82) is 0 Å². The minimum atomic E-state index is -4.20. The molecule has 0 bridgehead atoms. The predicted octanol–water partition coefficient (Wildman–Crippen LogP) is 0.933. The van der Waals surface area contributed by atoms with Crippen LogP contribution in [0.4, 0.5) is 0 Å². The Morgan fingerprint density at radius 2 is 1.72 bits per heavy atom. The first-order valence-electron chi connectivity index (χ1n) is 5.83. The molecular formula is C12H19NO4S. The van der Waals surface area contributed by atoms with Gasteiger partial charge < -0.3 is 10.8 Å². The zero-order valence-electron chi connectivity index (χ0n) is 10.1. The van der Waals surface area contributed by atoms with Crippen LogP contribution >= 0.6 is 0 Å². The van der Waals surface area contributed by atoms with Crippen LogP contribution in [0.15, 0.2) is 30.3 Å². The van der Waals surface area contributed by atoms with E-state index in [0.29, 0.717) is 6.42 Å². The lowest BCUT2D eigenvalue weighted by Crippen LogP contribution is -2.31. The van der Waals surface area contributed by atoms with Gasteiger partial charge in [-0.2, -0.15) is 8.42 Å². The summed E-state index contributed by atoms with van der Waals surface area (Å²) in [6.45, 7) is 0. The number of hydrogen-bond acceptors (Lipinski definition) is 4. The molecule has 0 aliphatic carbocycles. The number of hydrogen-bond donors (Lipinski definition) is 3. The highest BCUT2D eigenvalue weighted by atomic mass is 32.2. The zero-order valence-corrected chi connectivity index (χ0v) is 10.9. The molecule has 0 saturated carbocycles. The Labute approximate surface area is 107 Å². The van der Waals surface area contributed by atoms with E-state index in [9.17, 15) is 13.5 Å². The van der Waals surface area contributed by atoms with Crippen molar-refractivity contribution in [1.82, 2.24) is 0 Å². The van der Waals surface area contributed by atoms with Crippen molar-refractivity contribution in [2.24, 2.45) is 5.73 Å². The van der Waals surface area contributed by atoms with Gasteiger partial charge in [-0.15, -0.1) is 0 Å². The van der Waals surface area contributed by atoms with Crippen LogP contribution in [0, 0.1) is 0 Å². The second kappa shape index (κ2) is 6.84. The molecule has 0 heterocycles. The van der Waals surface area contributed by atoms with Crippen LogP contribution in [0.2, 0.25) is 0 Å². The number of aliphatic hydroxyl groups excluding tert-OH is 1. The Morgan fingerprint density at radius 1 is 1.11 bits per heavy atom. The molecular weight excluding hydrogens is 254 g/mol. The van der Waals surface area contributed by atoms with Gasteiger partial charge in [0.15, 0.2) is 0 Å². The second-order valence-corrected chi connectivity index (χ2v) is 5.94. The molecule has 4 N–H and O–H groups in total. The fourth-order valence-corrected chi connectivity index (χ4v) is 2.06. The second-order valence-electron chi connectivity index (χ2n) is 4.31. The maximum Gasteiger partial charge on any atom is 0.280 e. The number of aryl methyl sites for hydroxylation is 1. The smallest absolute Gasteiger partial charge is 0.280 e. The average molecular weight is 273 g/mol. The normalized spacial score (nSPS) is 15.3. The molecule has 0 fully saturated rings. The highest BCUT2D eigenvalue weighted by molar-refractivity contribution is 7.86. The molecule has 1 rings (SSSR count). The summed E-state index contributed by atoms with van der Waals surface area (Å²) >= 11 is 0. The molecule has 0 spiro atoms. The van der Waals surface area contributed by atoms with Crippen molar-refractivity contribution in [2.45, 2.75) is 37.2 Å². The van der Waals surface area contributed by atoms with Gasteiger partial charge in [-0.25, -0.2) is 0 Å². The van der Waals surface area contributed by atoms with E-state index in [1.165, 1.54) is 0 Å². The molecule has 18 heavy (non-hydrogen) atoms. The lowest BCUT2D eigenvalue weighted by atomic mass is 10.0. The lowest BCUT2D eigenvalue weighted by molar-refractivity contribution is 0.151. The van der Waals surface area contributed by atoms with Gasteiger partial charge in [0.05, 0.1) is 6.10 Å². The third-order valence-electron chi connectivity index (χ3n) is 2.78. The van der Waals surface area contributed by atoms with Gasteiger partial charge in [-0.3, -0.25) is 4.55 Å². The van der Waals surface area contributed by atoms with Gasteiger partial charge in [0.2, 0.25) is 0 Å². The molecule has 102 valence electrons. The Balaban J connectivity index is 2.28. The Hall–Kier alpha value is -0.950. The van der Waals surface area contributed by atoms with Gasteiger partial charge >= 0.3 is 0 Å². The molecule has 0 saturated heterocycles. The summed E-state index contributed by atoms with van der Waals surface area (Å²) in [6.07, 6.45) is 0.964. The van der Waals surface area contributed by atoms with E-state index in [1.807, 2.05) is 30.3 Å². The maximum absolute atomic E-state index is 10.7. The molecule has 1 unspecified atom stereocenters. The highest BCUT2D eigenvalue weighted by Crippen LogP contribution is 2.10. The van der Waals surface area contributed by atoms with Crippen LogP contribution in [-0.2, 0) is 16.5 Å². The van der Waals surface area contributed by atoms with E-state index in [4.69, 9.17) is 10.3 Å². The first-order valence-corrected chi connectivity index (χ1v) is 7.34. The van der Waals surface area contributed by atoms with E-state index in [0.717, 1.165) is 12.0 Å². The molecule has 0 aliphatic rings. The lowest BCUT2D eigenvalue weighted by Gasteiger charge is -2.13. The van der Waals surface area contributed by atoms with Crippen molar-refractivity contribution < 1.29 is 18.1 Å². The van der Waals surface area contributed by atoms with Crippen LogP contribution < -0.4 is 5.73 Å². The largest absolute Gasteiger partial charge is 0.393 e. The number of rotatable bonds is 7. The monoisotopic (exact) mass is 273 g/mol. The quantitative estimate of drug-likeness (QED) is 0.642. The molecule has 1 aromatic rings. The summed E-state index contributed by atoms with van der Waals surface area (Å²) in [5.41, 5.74) is 6.38. The SMILES string of the molecule is NC(CC[C@@H](O)CCc1ccccc1)S(=O)(=O)O. The van der Waals surface area contributed by atoms with E-state index in [-0.39, 0.29) is 12.8 Å². The first-order chi connectivity index (χ1) is 8.39. The maximum atomic E-state index is 10.7. The predicted molar refractivity (Wildman–Crippen MR) is 69.5 cm³/mol. The topological polar surface area (TPSA) is 101 Å². The van der Waals surface area contributed by atoms with Gasteiger partial charge in [0, 0.05) is 0 Å². The van der Waals surface area contributed by atoms with Crippen molar-refractivity contribution >= 4 is 10.1 Å². The van der Waals surface area contributed by atoms with E-state index in [1.54, 1.807) is 0 Å². The minimum Gasteiger partial charge on any atom is -0.393 e. The van der Waals surface area contributed by atoms with Gasteiger partial charge in [0.1, 0.15) is 5.37 Å². The van der Waals surface area contributed by atoms with E-state index < -0.39 is 21.6 Å². The van der Waals surface area contributed by atoms with Gasteiger partial charge in [0.25, 0.3) is 10.1 Å². The molecule has 5 nitrogen and oxygen atoms in total. The minimum absolute atomic E-state index is 0.0504. The summed E-state index contributed by atoms with van der Waals surface area (Å²) in [5, 5.41) is 8.38. The van der Waals surface area contributed by atoms with Gasteiger partial charge in [-0.1, -0.05) is 30.3 Å². The zero-order chi connectivity index (χ0) is 13.6. The van der Waals surface area contributed by atoms with Crippen LogP contribution in [-0.4, -0.2) is 29.6 Å². The molecule has 0 amide bonds. The molecule has 2 atom stereocenters. The third kappa shape index (κ3) is 5.59. The standard InChI is InChI=1S/C12H19NO4S/c13-12(18(15,16)17)9-8-11(14)7-6-10-4-2-1-3-5-10/h1-5,11-12,14H,6-9,13H2,(H,15,16,17)/t11-,12?/m0/s1. The van der Waals surface area contributed by atoms with E-state index >= 15 is 0 Å². The molecule has 0 aliphatic heterocycles. The summed E-state index contributed by atoms with van der Waals surface area (Å²) in [4.78, 5) is 0. The molecule has 0 aromatic heterocycles. The Bertz CT molecular complexity index is 446. The van der Waals surface area contributed by atoms with Crippen molar-refractivity contribution in [3.63, 3.8) is 0 Å². The third-order valence-corrected chi connectivity index (χ3v) is 3.78. The van der Waals surface area contributed by atoms with Crippen molar-refractivity contribution in [2.75, 3.05) is 0 Å². The highest BCUT2D eigenvalue weighted by Gasteiger charge is 2.18. The summed E-state index contributed by atoms with van der Waals surface area (Å²) in [5.74, 6) is 0. The van der Waals surface area contributed by atoms with Crippen LogP contribution in [0.25, 0.3) is 0 Å². The summed E-state index contributed by atoms with van der Waals surface area (Å²) < 4.78 is 30.0. The van der Waals surface area contributed by atoms with Crippen LogP contribution in [0.5, 0.6) is 0 Å². The average Bonchev–Trinajstić information content (AvgIpc) is 2.33. The van der Waals surface area contributed by atoms with Crippen LogP contribution in [0.3, 0.4) is 0 Å². The number of nitrogens with two attached hydrogens (primary N) is 1. The summed E-state index contributed by atoms with van der Waals surface area (Å²) in [7, 11) is -4.20. The van der Waals surface area contributed by atoms with Crippen LogP contribution in [0.1, 0.15) is 24.8 Å². The Morgan fingerprint density at radius 3 is 2.28 bits per heavy atom. The number of aliphatic hydroxyl groups is 1. The molecule has 1 aromatic carbocycles. The first kappa shape index (κ1) is 15.1. The van der Waals surface area contributed by atoms with Crippen molar-refractivity contribution in [3.05, 3.63) is 35.9 Å². The summed E-state index contributed by atoms with van der Waals surface area (Å²) in [6, 6.07) is 9.71. The molecule has 0 radical (unpaired) electrons. The van der Waals surface area contributed by atoms with Gasteiger partial charge in [-0.05, 0) is 31.2 Å². The fraction of sp³-hybridized carbons (Fsp3) is 0.500. The molecule has 6 heteroatoms.